The Morgan fingerprint density at radius 2 is 2.35 bits per heavy atom. The molecule has 1 aromatic rings. The molecule has 17 heavy (non-hydrogen) atoms. The summed E-state index contributed by atoms with van der Waals surface area (Å²) < 4.78 is 6.76. The lowest BCUT2D eigenvalue weighted by Gasteiger charge is -2.30. The Kier molecular flexibility index (Phi) is 4.83. The van der Waals surface area contributed by atoms with Crippen LogP contribution in [0.5, 0.6) is 5.75 Å². The molecule has 1 unspecified atom stereocenters. The number of nitrogens with zero attached hydrogens (tertiary/aromatic N) is 1. The highest BCUT2D eigenvalue weighted by atomic mass is 79.9. The van der Waals surface area contributed by atoms with Crippen LogP contribution >= 0.6 is 15.9 Å². The molecule has 0 aromatic heterocycles. The molecule has 1 fully saturated rings. The number of hydrogen-bond acceptors (Lipinski definition) is 3. The molecule has 1 aliphatic rings. The van der Waals surface area contributed by atoms with E-state index in [1.807, 2.05) is 24.3 Å². The number of nitrogens with two attached hydrogens (primary N) is 1. The van der Waals surface area contributed by atoms with E-state index in [0.29, 0.717) is 6.04 Å². The maximum Gasteiger partial charge on any atom is 0.120 e. The van der Waals surface area contributed by atoms with Gasteiger partial charge in [0, 0.05) is 23.6 Å². The lowest BCUT2D eigenvalue weighted by molar-refractivity contribution is 0.171. The van der Waals surface area contributed by atoms with Crippen molar-refractivity contribution < 1.29 is 4.74 Å². The fourth-order valence-electron chi connectivity index (χ4n) is 2.14. The van der Waals surface area contributed by atoms with E-state index in [0.717, 1.165) is 42.9 Å². The summed E-state index contributed by atoms with van der Waals surface area (Å²) in [5, 5.41) is 0. The SMILES string of the molecule is NC1CCCN(CCOc2cccc(Br)c2)C1. The summed E-state index contributed by atoms with van der Waals surface area (Å²) in [6, 6.07) is 8.29. The second kappa shape index (κ2) is 6.38. The Hall–Kier alpha value is -0.580. The summed E-state index contributed by atoms with van der Waals surface area (Å²) in [5.74, 6) is 0.917. The van der Waals surface area contributed by atoms with Crippen LogP contribution in [0.25, 0.3) is 0 Å². The van der Waals surface area contributed by atoms with Crippen molar-refractivity contribution in [2.75, 3.05) is 26.2 Å². The van der Waals surface area contributed by atoms with Crippen LogP contribution in [-0.2, 0) is 0 Å². The summed E-state index contributed by atoms with van der Waals surface area (Å²) >= 11 is 3.43. The Labute approximate surface area is 111 Å². The monoisotopic (exact) mass is 298 g/mol. The van der Waals surface area contributed by atoms with E-state index < -0.39 is 0 Å². The summed E-state index contributed by atoms with van der Waals surface area (Å²) in [7, 11) is 0. The third-order valence-corrected chi connectivity index (χ3v) is 3.51. The van der Waals surface area contributed by atoms with Gasteiger partial charge in [-0.2, -0.15) is 0 Å². The van der Waals surface area contributed by atoms with E-state index in [1.54, 1.807) is 0 Å². The van der Waals surface area contributed by atoms with Crippen LogP contribution in [0, 0.1) is 0 Å². The van der Waals surface area contributed by atoms with E-state index in [4.69, 9.17) is 10.5 Å². The lowest BCUT2D eigenvalue weighted by Crippen LogP contribution is -2.44. The Morgan fingerprint density at radius 1 is 1.47 bits per heavy atom. The van der Waals surface area contributed by atoms with Gasteiger partial charge in [-0.05, 0) is 37.6 Å². The van der Waals surface area contributed by atoms with Crippen molar-refractivity contribution in [3.05, 3.63) is 28.7 Å². The maximum atomic E-state index is 5.94. The Morgan fingerprint density at radius 3 is 3.12 bits per heavy atom. The fraction of sp³-hybridized carbons (Fsp3) is 0.538. The van der Waals surface area contributed by atoms with Crippen LogP contribution in [0.4, 0.5) is 0 Å². The molecule has 2 rings (SSSR count). The fourth-order valence-corrected chi connectivity index (χ4v) is 2.52. The summed E-state index contributed by atoms with van der Waals surface area (Å²) in [6.45, 7) is 3.83. The highest BCUT2D eigenvalue weighted by Gasteiger charge is 2.15. The first-order valence-corrected chi connectivity index (χ1v) is 6.89. The average molecular weight is 299 g/mol. The smallest absolute Gasteiger partial charge is 0.120 e. The molecule has 94 valence electrons. The van der Waals surface area contributed by atoms with Crippen molar-refractivity contribution in [3.63, 3.8) is 0 Å². The topological polar surface area (TPSA) is 38.5 Å². The summed E-state index contributed by atoms with van der Waals surface area (Å²) in [4.78, 5) is 2.38. The van der Waals surface area contributed by atoms with Crippen LogP contribution in [0.1, 0.15) is 12.8 Å². The standard InChI is InChI=1S/C13H19BrN2O/c14-11-3-1-5-13(9-11)17-8-7-16-6-2-4-12(15)10-16/h1,3,5,9,12H,2,4,6-8,10,15H2. The van der Waals surface area contributed by atoms with Crippen molar-refractivity contribution in [2.24, 2.45) is 5.73 Å². The number of halogens is 1. The van der Waals surface area contributed by atoms with E-state index in [9.17, 15) is 0 Å². The minimum Gasteiger partial charge on any atom is -0.492 e. The molecule has 1 atom stereocenters. The quantitative estimate of drug-likeness (QED) is 0.927. The molecule has 0 saturated carbocycles. The molecule has 0 bridgehead atoms. The average Bonchev–Trinajstić information content (AvgIpc) is 2.29. The van der Waals surface area contributed by atoms with Gasteiger partial charge in [-0.25, -0.2) is 0 Å². The number of rotatable bonds is 4. The van der Waals surface area contributed by atoms with E-state index >= 15 is 0 Å². The molecular formula is C13H19BrN2O. The predicted octanol–water partition coefficient (Wildman–Crippen LogP) is 2.25. The van der Waals surface area contributed by atoms with Crippen molar-refractivity contribution in [3.8, 4) is 5.75 Å². The maximum absolute atomic E-state index is 5.94. The first kappa shape index (κ1) is 12.9. The summed E-state index contributed by atoms with van der Waals surface area (Å²) in [5.41, 5.74) is 5.94. The van der Waals surface area contributed by atoms with Gasteiger partial charge in [0.25, 0.3) is 0 Å². The highest BCUT2D eigenvalue weighted by Crippen LogP contribution is 2.17. The number of likely N-dealkylation sites (tertiary alicyclic amines) is 1. The zero-order valence-corrected chi connectivity index (χ0v) is 11.5. The number of ether oxygens (including phenoxy) is 1. The van der Waals surface area contributed by atoms with Gasteiger partial charge in [0.2, 0.25) is 0 Å². The molecule has 2 N–H and O–H groups in total. The molecule has 3 nitrogen and oxygen atoms in total. The first-order chi connectivity index (χ1) is 8.24. The Balaban J connectivity index is 1.72. The van der Waals surface area contributed by atoms with Crippen LogP contribution in [0.3, 0.4) is 0 Å². The predicted molar refractivity (Wildman–Crippen MR) is 73.3 cm³/mol. The van der Waals surface area contributed by atoms with E-state index in [2.05, 4.69) is 20.8 Å². The van der Waals surface area contributed by atoms with Crippen molar-refractivity contribution in [1.29, 1.82) is 0 Å². The minimum atomic E-state index is 0.342. The molecule has 0 amide bonds. The number of hydrogen-bond donors (Lipinski definition) is 1. The van der Waals surface area contributed by atoms with Crippen molar-refractivity contribution in [1.82, 2.24) is 4.90 Å². The molecule has 1 aromatic carbocycles. The Bertz CT molecular complexity index is 359. The minimum absolute atomic E-state index is 0.342. The largest absolute Gasteiger partial charge is 0.492 e. The van der Waals surface area contributed by atoms with E-state index in [1.165, 1.54) is 6.42 Å². The molecule has 1 saturated heterocycles. The third-order valence-electron chi connectivity index (χ3n) is 3.01. The van der Waals surface area contributed by atoms with Gasteiger partial charge in [-0.3, -0.25) is 4.90 Å². The van der Waals surface area contributed by atoms with Crippen molar-refractivity contribution >= 4 is 15.9 Å². The molecular weight excluding hydrogens is 280 g/mol. The molecule has 1 heterocycles. The molecule has 0 radical (unpaired) electrons. The van der Waals surface area contributed by atoms with Crippen molar-refractivity contribution in [2.45, 2.75) is 18.9 Å². The number of piperidine rings is 1. The van der Waals surface area contributed by atoms with Gasteiger partial charge >= 0.3 is 0 Å². The zero-order chi connectivity index (χ0) is 12.1. The van der Waals surface area contributed by atoms with Gasteiger partial charge in [-0.1, -0.05) is 22.0 Å². The third kappa shape index (κ3) is 4.30. The molecule has 4 heteroatoms. The van der Waals surface area contributed by atoms with Gasteiger partial charge in [-0.15, -0.1) is 0 Å². The van der Waals surface area contributed by atoms with Gasteiger partial charge < -0.3 is 10.5 Å². The molecule has 0 aliphatic carbocycles. The van der Waals surface area contributed by atoms with Crippen LogP contribution in [0.2, 0.25) is 0 Å². The summed E-state index contributed by atoms with van der Waals surface area (Å²) in [6.07, 6.45) is 2.36. The van der Waals surface area contributed by atoms with Gasteiger partial charge in [0.05, 0.1) is 0 Å². The van der Waals surface area contributed by atoms with Gasteiger partial charge in [0.1, 0.15) is 12.4 Å². The highest BCUT2D eigenvalue weighted by molar-refractivity contribution is 9.10. The zero-order valence-electron chi connectivity index (χ0n) is 9.94. The normalized spacial score (nSPS) is 21.4. The van der Waals surface area contributed by atoms with Crippen LogP contribution in [-0.4, -0.2) is 37.2 Å². The lowest BCUT2D eigenvalue weighted by atomic mass is 10.1. The molecule has 1 aliphatic heterocycles. The van der Waals surface area contributed by atoms with Gasteiger partial charge in [0.15, 0.2) is 0 Å². The second-order valence-electron chi connectivity index (χ2n) is 4.51. The number of benzene rings is 1. The van der Waals surface area contributed by atoms with Crippen LogP contribution in [0.15, 0.2) is 28.7 Å². The van der Waals surface area contributed by atoms with Crippen LogP contribution < -0.4 is 10.5 Å². The molecule has 0 spiro atoms. The first-order valence-electron chi connectivity index (χ1n) is 6.10. The van der Waals surface area contributed by atoms with E-state index in [-0.39, 0.29) is 0 Å². The second-order valence-corrected chi connectivity index (χ2v) is 5.42.